The highest BCUT2D eigenvalue weighted by Crippen LogP contribution is 2.61. The molecule has 0 spiro atoms. The summed E-state index contributed by atoms with van der Waals surface area (Å²) in [6.45, 7) is 6.59. The average Bonchev–Trinajstić information content (AvgIpc) is 3.13. The van der Waals surface area contributed by atoms with Crippen LogP contribution in [0.3, 0.4) is 0 Å². The molecule has 5 rings (SSSR count). The number of nitrogens with zero attached hydrogens (tertiary/aromatic N) is 1. The Bertz CT molecular complexity index is 805. The van der Waals surface area contributed by atoms with E-state index in [-0.39, 0.29) is 17.5 Å². The molecular weight excluding hydrogens is 390 g/mol. The van der Waals surface area contributed by atoms with Crippen LogP contribution in [-0.4, -0.2) is 56.9 Å². The lowest BCUT2D eigenvalue weighted by molar-refractivity contribution is -0.158. The summed E-state index contributed by atoms with van der Waals surface area (Å²) < 4.78 is 17.0. The van der Waals surface area contributed by atoms with Gasteiger partial charge in [-0.1, -0.05) is 13.0 Å². The van der Waals surface area contributed by atoms with Crippen molar-refractivity contribution in [3.8, 4) is 5.75 Å². The third-order valence-electron chi connectivity index (χ3n) is 8.86. The number of hydrogen-bond acceptors (Lipinski definition) is 5. The molecule has 0 aromatic heterocycles. The molecule has 1 aliphatic heterocycles. The highest BCUT2D eigenvalue weighted by molar-refractivity contribution is 5.70. The normalized spacial score (nSPS) is 35.0. The largest absolute Gasteiger partial charge is 0.497 e. The molecule has 0 amide bonds. The van der Waals surface area contributed by atoms with Gasteiger partial charge in [-0.15, -0.1) is 0 Å². The first kappa shape index (κ1) is 21.3. The number of fused-ring (bicyclic) bond motifs is 5. The fourth-order valence-corrected chi connectivity index (χ4v) is 7.12. The fourth-order valence-electron chi connectivity index (χ4n) is 7.12. The van der Waals surface area contributed by atoms with Gasteiger partial charge in [0.05, 0.1) is 26.7 Å². The number of methoxy groups -OCH3 is 1. The number of rotatable bonds is 5. The number of hydrogen-bond donors (Lipinski definition) is 0. The first-order valence-electron chi connectivity index (χ1n) is 12.2. The van der Waals surface area contributed by atoms with Gasteiger partial charge in [0.2, 0.25) is 0 Å². The summed E-state index contributed by atoms with van der Waals surface area (Å²) in [5.74, 6) is 3.00. The smallest absolute Gasteiger partial charge is 0.307 e. The molecule has 5 nitrogen and oxygen atoms in total. The van der Waals surface area contributed by atoms with Gasteiger partial charge >= 0.3 is 5.97 Å². The van der Waals surface area contributed by atoms with Crippen LogP contribution in [0.15, 0.2) is 18.2 Å². The third kappa shape index (κ3) is 4.00. The van der Waals surface area contributed by atoms with Crippen molar-refractivity contribution in [3.63, 3.8) is 0 Å². The summed E-state index contributed by atoms with van der Waals surface area (Å²) in [5.41, 5.74) is 3.16. The maximum absolute atomic E-state index is 12.7. The molecule has 5 atom stereocenters. The van der Waals surface area contributed by atoms with Gasteiger partial charge in [0.15, 0.2) is 0 Å². The van der Waals surface area contributed by atoms with Gasteiger partial charge < -0.3 is 14.2 Å². The predicted molar refractivity (Wildman–Crippen MR) is 119 cm³/mol. The van der Waals surface area contributed by atoms with Gasteiger partial charge in [-0.05, 0) is 79.5 Å². The van der Waals surface area contributed by atoms with E-state index < -0.39 is 0 Å². The Hall–Kier alpha value is -1.59. The second kappa shape index (κ2) is 8.74. The lowest BCUT2D eigenvalue weighted by Crippen LogP contribution is -2.45. The summed E-state index contributed by atoms with van der Waals surface area (Å²) in [7, 11) is 1.75. The van der Waals surface area contributed by atoms with E-state index in [1.807, 2.05) is 0 Å². The first-order valence-corrected chi connectivity index (χ1v) is 12.2. The number of morpholine rings is 1. The van der Waals surface area contributed by atoms with Crippen molar-refractivity contribution in [2.24, 2.45) is 17.3 Å². The van der Waals surface area contributed by atoms with E-state index >= 15 is 0 Å². The predicted octanol–water partition coefficient (Wildman–Crippen LogP) is 4.19. The zero-order valence-corrected chi connectivity index (χ0v) is 19.1. The molecule has 0 unspecified atom stereocenters. The van der Waals surface area contributed by atoms with E-state index in [9.17, 15) is 4.79 Å². The van der Waals surface area contributed by atoms with Gasteiger partial charge in [0.1, 0.15) is 11.9 Å². The Labute approximate surface area is 186 Å². The number of aryl methyl sites for hydroxylation is 1. The average molecular weight is 428 g/mol. The molecule has 0 bridgehead atoms. The van der Waals surface area contributed by atoms with E-state index in [2.05, 4.69) is 30.0 Å². The van der Waals surface area contributed by atoms with Crippen molar-refractivity contribution in [3.05, 3.63) is 29.3 Å². The standard InChI is InChI=1S/C26H37NO4/c1-26-11-9-21-20-6-4-19(29-2)17-18(20)3-5-22(21)23(26)7-8-24(26)31-25(28)10-12-27-13-15-30-16-14-27/h4,6,17,21-24H,3,5,7-16H2,1-2H3/t21-,22-,23+,24-,26-/m0/s1. The molecule has 0 N–H and O–H groups in total. The van der Waals surface area contributed by atoms with Crippen LogP contribution in [0.1, 0.15) is 62.5 Å². The monoisotopic (exact) mass is 427 g/mol. The van der Waals surface area contributed by atoms with Crippen molar-refractivity contribution in [1.82, 2.24) is 4.90 Å². The van der Waals surface area contributed by atoms with Crippen molar-refractivity contribution in [2.75, 3.05) is 40.0 Å². The highest BCUT2D eigenvalue weighted by atomic mass is 16.5. The van der Waals surface area contributed by atoms with E-state index in [0.29, 0.717) is 18.3 Å². The molecule has 2 saturated carbocycles. The molecule has 31 heavy (non-hydrogen) atoms. The molecule has 3 fully saturated rings. The summed E-state index contributed by atoms with van der Waals surface area (Å²) >= 11 is 0. The second-order valence-electron chi connectivity index (χ2n) is 10.3. The van der Waals surface area contributed by atoms with Gasteiger partial charge in [-0.3, -0.25) is 9.69 Å². The fraction of sp³-hybridized carbons (Fsp3) is 0.731. The van der Waals surface area contributed by atoms with Crippen LogP contribution >= 0.6 is 0 Å². The van der Waals surface area contributed by atoms with Crippen LogP contribution in [0.4, 0.5) is 0 Å². The van der Waals surface area contributed by atoms with Crippen molar-refractivity contribution < 1.29 is 19.0 Å². The Morgan fingerprint density at radius 3 is 2.84 bits per heavy atom. The molecule has 1 saturated heterocycles. The Kier molecular flexibility index (Phi) is 6.00. The quantitative estimate of drug-likeness (QED) is 0.660. The van der Waals surface area contributed by atoms with Crippen LogP contribution in [-0.2, 0) is 20.7 Å². The van der Waals surface area contributed by atoms with Crippen molar-refractivity contribution in [1.29, 1.82) is 0 Å². The zero-order valence-electron chi connectivity index (χ0n) is 19.1. The lowest BCUT2D eigenvalue weighted by atomic mass is 9.55. The Morgan fingerprint density at radius 2 is 2.03 bits per heavy atom. The van der Waals surface area contributed by atoms with Gasteiger partial charge in [0, 0.05) is 25.0 Å². The molecule has 4 aliphatic rings. The number of carbonyl (C=O) groups is 1. The number of benzene rings is 1. The molecular formula is C26H37NO4. The van der Waals surface area contributed by atoms with Gasteiger partial charge in [0.25, 0.3) is 0 Å². The minimum atomic E-state index is -0.0124. The maximum atomic E-state index is 12.7. The summed E-state index contributed by atoms with van der Waals surface area (Å²) in [6.07, 6.45) is 7.58. The molecule has 5 heteroatoms. The molecule has 1 aromatic carbocycles. The SMILES string of the molecule is COc1ccc2c(c1)CC[C@@H]1[C@H]3CC[C@H](OC(=O)CCN4CCOCC4)[C@@]3(C)CC[C@@H]21. The van der Waals surface area contributed by atoms with Crippen LogP contribution in [0.2, 0.25) is 0 Å². The second-order valence-corrected chi connectivity index (χ2v) is 10.3. The van der Waals surface area contributed by atoms with Gasteiger partial charge in [-0.25, -0.2) is 0 Å². The van der Waals surface area contributed by atoms with E-state index in [0.717, 1.165) is 63.8 Å². The van der Waals surface area contributed by atoms with Gasteiger partial charge in [-0.2, -0.15) is 0 Å². The summed E-state index contributed by atoms with van der Waals surface area (Å²) in [4.78, 5) is 15.0. The first-order chi connectivity index (χ1) is 15.1. The number of esters is 1. The molecule has 0 radical (unpaired) electrons. The summed E-state index contributed by atoms with van der Waals surface area (Å²) in [6, 6.07) is 6.68. The van der Waals surface area contributed by atoms with E-state index in [4.69, 9.17) is 14.2 Å². The van der Waals surface area contributed by atoms with E-state index in [1.165, 1.54) is 24.8 Å². The van der Waals surface area contributed by atoms with Crippen LogP contribution in [0.5, 0.6) is 5.75 Å². The minimum Gasteiger partial charge on any atom is -0.497 e. The van der Waals surface area contributed by atoms with Crippen LogP contribution in [0.25, 0.3) is 0 Å². The number of carbonyl (C=O) groups excluding carboxylic acids is 1. The van der Waals surface area contributed by atoms with Crippen LogP contribution in [0, 0.1) is 17.3 Å². The molecule has 170 valence electrons. The zero-order chi connectivity index (χ0) is 21.4. The van der Waals surface area contributed by atoms with Crippen molar-refractivity contribution in [2.45, 2.75) is 63.9 Å². The molecule has 3 aliphatic carbocycles. The Morgan fingerprint density at radius 1 is 1.19 bits per heavy atom. The summed E-state index contributed by atoms with van der Waals surface area (Å²) in [5, 5.41) is 0. The molecule has 1 heterocycles. The third-order valence-corrected chi connectivity index (χ3v) is 8.86. The highest BCUT2D eigenvalue weighted by Gasteiger charge is 2.56. The van der Waals surface area contributed by atoms with Crippen molar-refractivity contribution >= 4 is 5.97 Å². The number of ether oxygens (including phenoxy) is 3. The topological polar surface area (TPSA) is 48.0 Å². The maximum Gasteiger partial charge on any atom is 0.307 e. The minimum absolute atomic E-state index is 0.0124. The lowest BCUT2D eigenvalue weighted by Gasteiger charge is -2.50. The molecule has 1 aromatic rings. The van der Waals surface area contributed by atoms with E-state index in [1.54, 1.807) is 12.7 Å². The van der Waals surface area contributed by atoms with Crippen LogP contribution < -0.4 is 4.74 Å². The Balaban J connectivity index is 1.23.